The summed E-state index contributed by atoms with van der Waals surface area (Å²) >= 11 is 0. The number of carbonyl (C=O) groups is 2. The lowest BCUT2D eigenvalue weighted by atomic mass is 9.97. The number of piperidine rings is 1. The summed E-state index contributed by atoms with van der Waals surface area (Å²) in [5.41, 5.74) is 0. The molecule has 6 heteroatoms. The van der Waals surface area contributed by atoms with Crippen molar-refractivity contribution in [3.05, 3.63) is 0 Å². The number of likely N-dealkylation sites (tertiary alicyclic amines) is 2. The van der Waals surface area contributed by atoms with E-state index in [2.05, 4.69) is 4.90 Å². The van der Waals surface area contributed by atoms with E-state index in [0.29, 0.717) is 32.5 Å². The van der Waals surface area contributed by atoms with E-state index in [-0.39, 0.29) is 29.8 Å². The van der Waals surface area contributed by atoms with Crippen LogP contribution in [0.4, 0.5) is 0 Å². The zero-order chi connectivity index (χ0) is 15.4. The van der Waals surface area contributed by atoms with Gasteiger partial charge in [-0.3, -0.25) is 14.5 Å². The predicted molar refractivity (Wildman–Crippen MR) is 77.5 cm³/mol. The smallest absolute Gasteiger partial charge is 0.308 e. The van der Waals surface area contributed by atoms with Crippen LogP contribution in [-0.2, 0) is 14.3 Å². The molecule has 2 saturated heterocycles. The number of aliphatic hydroxyl groups excluding tert-OH is 1. The van der Waals surface area contributed by atoms with Crippen molar-refractivity contribution in [2.24, 2.45) is 11.8 Å². The molecule has 0 aromatic heterocycles. The highest BCUT2D eigenvalue weighted by Crippen LogP contribution is 2.21. The molecular formula is C15H26N2O4. The van der Waals surface area contributed by atoms with Crippen molar-refractivity contribution >= 4 is 11.9 Å². The molecule has 0 aliphatic carbocycles. The van der Waals surface area contributed by atoms with Crippen LogP contribution in [0.2, 0.25) is 0 Å². The van der Waals surface area contributed by atoms with Gasteiger partial charge in [-0.1, -0.05) is 0 Å². The van der Waals surface area contributed by atoms with E-state index in [1.807, 2.05) is 11.8 Å². The number of amides is 1. The van der Waals surface area contributed by atoms with Crippen molar-refractivity contribution in [1.82, 2.24) is 9.80 Å². The molecule has 2 atom stereocenters. The van der Waals surface area contributed by atoms with Crippen molar-refractivity contribution in [2.75, 3.05) is 39.8 Å². The van der Waals surface area contributed by atoms with E-state index in [0.717, 1.165) is 19.5 Å². The van der Waals surface area contributed by atoms with Crippen molar-refractivity contribution in [1.29, 1.82) is 0 Å². The fraction of sp³-hybridized carbons (Fsp3) is 0.867. The summed E-state index contributed by atoms with van der Waals surface area (Å²) in [6.07, 6.45) is 2.03. The first-order chi connectivity index (χ1) is 10.0. The van der Waals surface area contributed by atoms with Crippen LogP contribution < -0.4 is 0 Å². The highest BCUT2D eigenvalue weighted by atomic mass is 16.5. The summed E-state index contributed by atoms with van der Waals surface area (Å²) < 4.78 is 4.75. The van der Waals surface area contributed by atoms with Crippen LogP contribution in [0.3, 0.4) is 0 Å². The number of ether oxygens (including phenoxy) is 1. The summed E-state index contributed by atoms with van der Waals surface area (Å²) in [4.78, 5) is 27.7. The van der Waals surface area contributed by atoms with Gasteiger partial charge in [0.15, 0.2) is 0 Å². The maximum Gasteiger partial charge on any atom is 0.308 e. The second-order valence-electron chi connectivity index (χ2n) is 6.20. The SMILES string of the molecule is COC(=O)C1CCN(C(=O)CN2CCC(C(C)O)C2)CC1. The summed E-state index contributed by atoms with van der Waals surface area (Å²) in [6.45, 7) is 5.17. The van der Waals surface area contributed by atoms with E-state index in [1.165, 1.54) is 7.11 Å². The Labute approximate surface area is 126 Å². The van der Waals surface area contributed by atoms with Gasteiger partial charge in [-0.25, -0.2) is 0 Å². The molecule has 0 bridgehead atoms. The minimum Gasteiger partial charge on any atom is -0.469 e. The largest absolute Gasteiger partial charge is 0.469 e. The number of hydrogen-bond acceptors (Lipinski definition) is 5. The Kier molecular flexibility index (Phi) is 5.58. The Morgan fingerprint density at radius 1 is 1.24 bits per heavy atom. The Bertz CT molecular complexity index is 378. The Hall–Kier alpha value is -1.14. The number of hydrogen-bond donors (Lipinski definition) is 1. The predicted octanol–water partition coefficient (Wildman–Crippen LogP) is 0.101. The molecule has 2 aliphatic heterocycles. The van der Waals surface area contributed by atoms with E-state index >= 15 is 0 Å². The number of aliphatic hydroxyl groups is 1. The van der Waals surface area contributed by atoms with Gasteiger partial charge in [0, 0.05) is 19.6 Å². The third kappa shape index (κ3) is 4.17. The van der Waals surface area contributed by atoms with Gasteiger partial charge in [0.2, 0.25) is 5.91 Å². The fourth-order valence-corrected chi connectivity index (χ4v) is 3.22. The molecule has 1 amide bonds. The molecule has 21 heavy (non-hydrogen) atoms. The maximum atomic E-state index is 12.3. The van der Waals surface area contributed by atoms with Crippen LogP contribution in [0, 0.1) is 11.8 Å². The summed E-state index contributed by atoms with van der Waals surface area (Å²) in [5, 5.41) is 9.59. The van der Waals surface area contributed by atoms with Gasteiger partial charge in [0.25, 0.3) is 0 Å². The van der Waals surface area contributed by atoms with Crippen molar-refractivity contribution in [3.63, 3.8) is 0 Å². The first-order valence-corrected chi connectivity index (χ1v) is 7.77. The lowest BCUT2D eigenvalue weighted by Crippen LogP contribution is -2.45. The minimum atomic E-state index is -0.305. The average molecular weight is 298 g/mol. The number of rotatable bonds is 4. The quantitative estimate of drug-likeness (QED) is 0.746. The molecule has 0 aromatic carbocycles. The molecule has 120 valence electrons. The molecule has 0 spiro atoms. The molecule has 0 aromatic rings. The van der Waals surface area contributed by atoms with Gasteiger partial charge < -0.3 is 14.7 Å². The van der Waals surface area contributed by atoms with Crippen LogP contribution in [0.1, 0.15) is 26.2 Å². The molecule has 2 fully saturated rings. The highest BCUT2D eigenvalue weighted by molar-refractivity contribution is 5.79. The van der Waals surface area contributed by atoms with Crippen molar-refractivity contribution in [2.45, 2.75) is 32.3 Å². The summed E-state index contributed by atoms with van der Waals surface area (Å²) in [5.74, 6) is 0.180. The van der Waals surface area contributed by atoms with Crippen molar-refractivity contribution in [3.8, 4) is 0 Å². The molecule has 6 nitrogen and oxygen atoms in total. The van der Waals surface area contributed by atoms with Crippen molar-refractivity contribution < 1.29 is 19.4 Å². The number of carbonyl (C=O) groups excluding carboxylic acids is 2. The van der Waals surface area contributed by atoms with E-state index in [4.69, 9.17) is 4.74 Å². The minimum absolute atomic E-state index is 0.0644. The molecule has 2 unspecified atom stereocenters. The monoisotopic (exact) mass is 298 g/mol. The number of esters is 1. The Morgan fingerprint density at radius 3 is 2.43 bits per heavy atom. The van der Waals surface area contributed by atoms with Gasteiger partial charge in [0.1, 0.15) is 0 Å². The van der Waals surface area contributed by atoms with E-state index in [9.17, 15) is 14.7 Å². The second-order valence-corrected chi connectivity index (χ2v) is 6.20. The normalized spacial score (nSPS) is 25.9. The third-order valence-electron chi connectivity index (χ3n) is 4.73. The molecule has 0 saturated carbocycles. The highest BCUT2D eigenvalue weighted by Gasteiger charge is 2.31. The van der Waals surface area contributed by atoms with Gasteiger partial charge in [-0.05, 0) is 38.6 Å². The zero-order valence-electron chi connectivity index (χ0n) is 13.0. The average Bonchev–Trinajstić information content (AvgIpc) is 2.95. The van der Waals surface area contributed by atoms with Crippen LogP contribution >= 0.6 is 0 Å². The van der Waals surface area contributed by atoms with Gasteiger partial charge in [-0.15, -0.1) is 0 Å². The lowest BCUT2D eigenvalue weighted by Gasteiger charge is -2.32. The molecule has 2 aliphatic rings. The van der Waals surface area contributed by atoms with E-state index < -0.39 is 0 Å². The molecular weight excluding hydrogens is 272 g/mol. The van der Waals surface area contributed by atoms with Crippen LogP contribution in [-0.4, -0.2) is 72.7 Å². The fourth-order valence-electron chi connectivity index (χ4n) is 3.22. The van der Waals surface area contributed by atoms with Gasteiger partial charge in [-0.2, -0.15) is 0 Å². The van der Waals surface area contributed by atoms with Gasteiger partial charge >= 0.3 is 5.97 Å². The third-order valence-corrected chi connectivity index (χ3v) is 4.73. The first kappa shape index (κ1) is 16.2. The topological polar surface area (TPSA) is 70.1 Å². The molecule has 1 N–H and O–H groups in total. The molecule has 2 rings (SSSR count). The van der Waals surface area contributed by atoms with Crippen LogP contribution in [0.15, 0.2) is 0 Å². The lowest BCUT2D eigenvalue weighted by molar-refractivity contribution is -0.149. The summed E-state index contributed by atoms with van der Waals surface area (Å²) in [6, 6.07) is 0. The van der Waals surface area contributed by atoms with Crippen LogP contribution in [0.5, 0.6) is 0 Å². The Morgan fingerprint density at radius 2 is 1.90 bits per heavy atom. The Balaban J connectivity index is 1.74. The number of nitrogens with zero attached hydrogens (tertiary/aromatic N) is 2. The second kappa shape index (κ2) is 7.22. The maximum absolute atomic E-state index is 12.3. The van der Waals surface area contributed by atoms with Gasteiger partial charge in [0.05, 0.1) is 25.7 Å². The standard InChI is InChI=1S/C15H26N2O4/c1-11(18)13-3-6-16(9-13)10-14(19)17-7-4-12(5-8-17)15(20)21-2/h11-13,18H,3-10H2,1-2H3. The molecule has 2 heterocycles. The van der Waals surface area contributed by atoms with E-state index in [1.54, 1.807) is 0 Å². The first-order valence-electron chi connectivity index (χ1n) is 7.77. The van der Waals surface area contributed by atoms with Crippen LogP contribution in [0.25, 0.3) is 0 Å². The zero-order valence-corrected chi connectivity index (χ0v) is 13.0. The summed E-state index contributed by atoms with van der Waals surface area (Å²) in [7, 11) is 1.41. The number of methoxy groups -OCH3 is 1. The molecule has 0 radical (unpaired) electrons.